The SMILES string of the molecule is Cc1ccc(C)n1-c1c(F)[c-]c(F)c(F)c1F.Cc1ccc(C)n1-c1c(F)[c-]c(F)c(F)c1F.[C-]1=CC=CC1.[C-]1=CC=CC1.[Ti+4]. The fourth-order valence-corrected chi connectivity index (χ4v) is 4.13. The Labute approximate surface area is 271 Å². The van der Waals surface area contributed by atoms with E-state index in [9.17, 15) is 35.1 Å². The Hall–Kier alpha value is -3.89. The van der Waals surface area contributed by atoms with Crippen LogP contribution in [0.4, 0.5) is 35.1 Å². The molecule has 232 valence electrons. The van der Waals surface area contributed by atoms with Crippen molar-refractivity contribution in [3.05, 3.63) is 154 Å². The first-order chi connectivity index (χ1) is 20.9. The molecule has 45 heavy (non-hydrogen) atoms. The van der Waals surface area contributed by atoms with E-state index in [1.165, 1.54) is 21.3 Å². The van der Waals surface area contributed by atoms with Crippen LogP contribution in [0.25, 0.3) is 11.4 Å². The standard InChI is InChI=1S/2C12H8F4N.2C5H5.Ti/c2*1-6-3-4-7(2)17(6)12-9(14)5-8(13)10(15)11(12)16;2*1-2-4-5-3-1;/h2*3-4H,1-2H3;2*1-3H,4H2;/q4*-1;+4. The zero-order chi connectivity index (χ0) is 32.6. The molecule has 0 saturated carbocycles. The van der Waals surface area contributed by atoms with Crippen LogP contribution in [0.2, 0.25) is 0 Å². The molecule has 0 unspecified atom stereocenters. The second kappa shape index (κ2) is 17.0. The van der Waals surface area contributed by atoms with Gasteiger partial charge in [-0.1, -0.05) is 0 Å². The van der Waals surface area contributed by atoms with Gasteiger partial charge in [-0.25, -0.2) is 50.6 Å². The number of hydrogen-bond acceptors (Lipinski definition) is 0. The molecule has 4 aromatic rings. The third kappa shape index (κ3) is 9.08. The Morgan fingerprint density at radius 1 is 0.489 bits per heavy atom. The van der Waals surface area contributed by atoms with Gasteiger partial charge in [0.25, 0.3) is 0 Å². The molecule has 2 nitrogen and oxygen atoms in total. The van der Waals surface area contributed by atoms with Gasteiger partial charge in [0.1, 0.15) is 0 Å². The Morgan fingerprint density at radius 3 is 1.02 bits per heavy atom. The topological polar surface area (TPSA) is 9.86 Å². The summed E-state index contributed by atoms with van der Waals surface area (Å²) >= 11 is 0. The van der Waals surface area contributed by atoms with Gasteiger partial charge in [0.15, 0.2) is 0 Å². The van der Waals surface area contributed by atoms with Crippen molar-refractivity contribution < 1.29 is 56.8 Å². The van der Waals surface area contributed by atoms with Crippen molar-refractivity contribution in [2.24, 2.45) is 0 Å². The van der Waals surface area contributed by atoms with E-state index in [0.717, 1.165) is 12.8 Å². The predicted molar refractivity (Wildman–Crippen MR) is 151 cm³/mol. The zero-order valence-corrected chi connectivity index (χ0v) is 26.2. The fourth-order valence-electron chi connectivity index (χ4n) is 4.13. The van der Waals surface area contributed by atoms with Gasteiger partial charge >= 0.3 is 21.7 Å². The maximum Gasteiger partial charge on any atom is 4.00 e. The van der Waals surface area contributed by atoms with Crippen LogP contribution in [0.3, 0.4) is 0 Å². The molecule has 0 saturated heterocycles. The molecule has 11 heteroatoms. The van der Waals surface area contributed by atoms with Crippen LogP contribution in [0, 0.1) is 98.5 Å². The molecule has 0 bridgehead atoms. The fraction of sp³-hybridized carbons (Fsp3) is 0.176. The van der Waals surface area contributed by atoms with E-state index in [0.29, 0.717) is 22.8 Å². The molecular weight excluding hydrogens is 636 g/mol. The van der Waals surface area contributed by atoms with Crippen LogP contribution in [-0.4, -0.2) is 9.13 Å². The third-order valence-electron chi connectivity index (χ3n) is 6.20. The Kier molecular flexibility index (Phi) is 14.1. The summed E-state index contributed by atoms with van der Waals surface area (Å²) in [6, 6.07) is 9.52. The van der Waals surface area contributed by atoms with Crippen molar-refractivity contribution in [3.63, 3.8) is 0 Å². The van der Waals surface area contributed by atoms with Crippen LogP contribution < -0.4 is 0 Å². The van der Waals surface area contributed by atoms with Gasteiger partial charge in [-0.15, -0.1) is 25.0 Å². The molecule has 0 spiro atoms. The first-order valence-electron chi connectivity index (χ1n) is 13.1. The van der Waals surface area contributed by atoms with Crippen LogP contribution in [-0.2, 0) is 21.7 Å². The molecule has 2 heterocycles. The first-order valence-corrected chi connectivity index (χ1v) is 13.1. The number of aromatic nitrogens is 2. The summed E-state index contributed by atoms with van der Waals surface area (Å²) in [4.78, 5) is 0. The largest absolute Gasteiger partial charge is 4.00 e. The van der Waals surface area contributed by atoms with E-state index < -0.39 is 57.9 Å². The smallest absolute Gasteiger partial charge is 0.367 e. The molecule has 2 aliphatic rings. The molecule has 6 rings (SSSR count). The Bertz CT molecular complexity index is 1560. The van der Waals surface area contributed by atoms with Gasteiger partial charge in [-0.3, -0.25) is 20.9 Å². The van der Waals surface area contributed by atoms with Crippen LogP contribution in [0.5, 0.6) is 0 Å². The van der Waals surface area contributed by atoms with Gasteiger partial charge in [-0.2, -0.15) is 12.2 Å². The molecule has 2 aromatic heterocycles. The molecule has 0 amide bonds. The first kappa shape index (κ1) is 37.3. The van der Waals surface area contributed by atoms with E-state index in [-0.39, 0.29) is 21.7 Å². The summed E-state index contributed by atoms with van der Waals surface area (Å²) < 4.78 is 108. The van der Waals surface area contributed by atoms with E-state index in [2.05, 4.69) is 24.3 Å². The number of allylic oxidation sites excluding steroid dienone is 8. The van der Waals surface area contributed by atoms with Gasteiger partial charge in [0, 0.05) is 45.8 Å². The predicted octanol–water partition coefficient (Wildman–Crippen LogP) is 9.51. The number of aryl methyl sites for hydroxylation is 4. The minimum Gasteiger partial charge on any atom is -0.367 e. The second-order valence-corrected chi connectivity index (χ2v) is 9.37. The second-order valence-electron chi connectivity index (χ2n) is 9.37. The molecule has 0 N–H and O–H groups in total. The molecule has 0 atom stereocenters. The van der Waals surface area contributed by atoms with E-state index in [4.69, 9.17) is 0 Å². The van der Waals surface area contributed by atoms with Crippen molar-refractivity contribution in [1.29, 1.82) is 0 Å². The molecule has 0 fully saturated rings. The third-order valence-corrected chi connectivity index (χ3v) is 6.20. The monoisotopic (exact) mass is 662 g/mol. The number of halogens is 8. The molecule has 0 aliphatic heterocycles. The zero-order valence-electron chi connectivity index (χ0n) is 24.6. The quantitative estimate of drug-likeness (QED) is 0.0666. The van der Waals surface area contributed by atoms with E-state index in [1.807, 2.05) is 24.3 Å². The van der Waals surface area contributed by atoms with E-state index >= 15 is 0 Å². The number of nitrogens with zero attached hydrogens (tertiary/aromatic N) is 2. The molecule has 2 aromatic carbocycles. The van der Waals surface area contributed by atoms with Crippen LogP contribution in [0.1, 0.15) is 35.6 Å². The van der Waals surface area contributed by atoms with Crippen molar-refractivity contribution in [3.8, 4) is 11.4 Å². The normalized spacial score (nSPS) is 12.2. The summed E-state index contributed by atoms with van der Waals surface area (Å²) in [7, 11) is 0. The van der Waals surface area contributed by atoms with Crippen molar-refractivity contribution in [1.82, 2.24) is 9.13 Å². The minimum absolute atomic E-state index is 0. The summed E-state index contributed by atoms with van der Waals surface area (Å²) in [5.74, 6) is -12.4. The summed E-state index contributed by atoms with van der Waals surface area (Å²) in [5.41, 5.74) is 0.756. The van der Waals surface area contributed by atoms with Crippen molar-refractivity contribution in [2.45, 2.75) is 40.5 Å². The van der Waals surface area contributed by atoms with Gasteiger partial charge in [-0.05, 0) is 52.0 Å². The van der Waals surface area contributed by atoms with E-state index in [1.54, 1.807) is 52.0 Å². The summed E-state index contributed by atoms with van der Waals surface area (Å²) in [6.07, 6.45) is 20.0. The molecule has 0 radical (unpaired) electrons. The van der Waals surface area contributed by atoms with Crippen molar-refractivity contribution in [2.75, 3.05) is 0 Å². The summed E-state index contributed by atoms with van der Waals surface area (Å²) in [5, 5.41) is 0. The summed E-state index contributed by atoms with van der Waals surface area (Å²) in [6.45, 7) is 6.42. The van der Waals surface area contributed by atoms with Crippen LogP contribution >= 0.6 is 0 Å². The Balaban J connectivity index is 0.000000235. The number of benzene rings is 2. The number of hydrogen-bond donors (Lipinski definition) is 0. The minimum atomic E-state index is -1.73. The average Bonchev–Trinajstić information content (AvgIpc) is 3.82. The average molecular weight is 662 g/mol. The molecular formula is C34H26F8N2Ti. The van der Waals surface area contributed by atoms with Gasteiger partial charge in [0.2, 0.25) is 0 Å². The maximum atomic E-state index is 13.6. The maximum absolute atomic E-state index is 13.6. The number of rotatable bonds is 2. The van der Waals surface area contributed by atoms with Crippen molar-refractivity contribution >= 4 is 0 Å². The molecule has 2 aliphatic carbocycles. The van der Waals surface area contributed by atoms with Gasteiger partial charge < -0.3 is 9.13 Å². The Morgan fingerprint density at radius 2 is 0.800 bits per heavy atom. The van der Waals surface area contributed by atoms with Crippen LogP contribution in [0.15, 0.2) is 60.7 Å². The van der Waals surface area contributed by atoms with Gasteiger partial charge in [0.05, 0.1) is 34.9 Å².